The summed E-state index contributed by atoms with van der Waals surface area (Å²) in [5.74, 6) is 0. The van der Waals surface area contributed by atoms with E-state index in [-0.39, 0.29) is 13.2 Å². The minimum Gasteiger partial charge on any atom is -0.396 e. The Balaban J connectivity index is 0. The molecular weight excluding hydrogens is 108 g/mol. The maximum Gasteiger partial charge on any atom is 0.0662 e. The minimum absolute atomic E-state index is 0.125. The highest BCUT2D eigenvalue weighted by molar-refractivity contribution is 4.10. The highest BCUT2D eigenvalue weighted by Gasteiger charge is 1.58. The summed E-state index contributed by atoms with van der Waals surface area (Å²) in [6.45, 7) is 2.00. The Morgan fingerprint density at radius 2 is 1.12 bits per heavy atom. The fourth-order valence-corrected chi connectivity index (χ4v) is 0. The molecule has 0 atom stereocenters. The van der Waals surface area contributed by atoms with Gasteiger partial charge in [-0.05, 0) is 6.42 Å². The maximum absolute atomic E-state index is 7.88. The van der Waals surface area contributed by atoms with E-state index >= 15 is 0 Å². The summed E-state index contributed by atoms with van der Waals surface area (Å²) in [6, 6.07) is 0. The lowest BCUT2D eigenvalue weighted by atomic mass is 10.5. The summed E-state index contributed by atoms with van der Waals surface area (Å²) >= 11 is 0. The smallest absolute Gasteiger partial charge is 0.0662 e. The second kappa shape index (κ2) is 15.8. The number of aliphatic hydroxyl groups excluding tert-OH is 3. The van der Waals surface area contributed by atoms with Gasteiger partial charge in [-0.15, -0.1) is 0 Å². The number of hydrogen-bond acceptors (Lipinski definition) is 3. The third-order valence-corrected chi connectivity index (χ3v) is 0.324. The van der Waals surface area contributed by atoms with Crippen LogP contribution in [0.5, 0.6) is 0 Å². The van der Waals surface area contributed by atoms with Crippen LogP contribution in [0.2, 0.25) is 0 Å². The Hall–Kier alpha value is -0.120. The zero-order valence-electron chi connectivity index (χ0n) is 5.17. The van der Waals surface area contributed by atoms with Gasteiger partial charge in [-0.25, -0.2) is 0 Å². The van der Waals surface area contributed by atoms with Crippen LogP contribution in [-0.2, 0) is 0 Å². The molecule has 0 rings (SSSR count). The molecule has 0 fully saturated rings. The molecule has 0 radical (unpaired) electrons. The predicted molar refractivity (Wildman–Crippen MR) is 31.5 cm³/mol. The largest absolute Gasteiger partial charge is 0.396 e. The van der Waals surface area contributed by atoms with Crippen LogP contribution in [0.3, 0.4) is 0 Å². The van der Waals surface area contributed by atoms with Crippen molar-refractivity contribution in [1.82, 2.24) is 0 Å². The molecule has 0 aliphatic rings. The van der Waals surface area contributed by atoms with Gasteiger partial charge in [0.15, 0.2) is 0 Å². The van der Waals surface area contributed by atoms with Crippen LogP contribution in [-0.4, -0.2) is 35.1 Å². The van der Waals surface area contributed by atoms with Crippen LogP contribution in [0, 0.1) is 0 Å². The summed E-state index contributed by atoms with van der Waals surface area (Å²) in [5, 5.41) is 23.1. The summed E-state index contributed by atoms with van der Waals surface area (Å²) in [7, 11) is 0. The highest BCUT2D eigenvalue weighted by Crippen LogP contribution is 1.61. The molecule has 3 heteroatoms. The van der Waals surface area contributed by atoms with Gasteiger partial charge in [0.25, 0.3) is 0 Å². The van der Waals surface area contributed by atoms with Crippen molar-refractivity contribution in [3.05, 3.63) is 0 Å². The molecule has 8 heavy (non-hydrogen) atoms. The lowest BCUT2D eigenvalue weighted by Crippen LogP contribution is -1.85. The molecule has 3 N–H and O–H groups in total. The normalized spacial score (nSPS) is 7.50. The highest BCUT2D eigenvalue weighted by atomic mass is 16.3. The van der Waals surface area contributed by atoms with Crippen molar-refractivity contribution in [3.63, 3.8) is 0 Å². The molecule has 0 heterocycles. The van der Waals surface area contributed by atoms with E-state index in [2.05, 4.69) is 0 Å². The van der Waals surface area contributed by atoms with E-state index < -0.39 is 0 Å². The predicted octanol–water partition coefficient (Wildman–Crippen LogP) is -0.640. The van der Waals surface area contributed by atoms with Crippen molar-refractivity contribution in [3.8, 4) is 0 Å². The van der Waals surface area contributed by atoms with Crippen LogP contribution in [0.15, 0.2) is 0 Å². The van der Waals surface area contributed by atoms with E-state index in [0.29, 0.717) is 6.61 Å². The molecule has 0 amide bonds. The average Bonchev–Trinajstić information content (AvgIpc) is 1.88. The van der Waals surface area contributed by atoms with Crippen LogP contribution in [0.25, 0.3) is 0 Å². The third kappa shape index (κ3) is 39.6. The van der Waals surface area contributed by atoms with Gasteiger partial charge in [0, 0.05) is 6.61 Å². The molecule has 0 unspecified atom stereocenters. The summed E-state index contributed by atoms with van der Waals surface area (Å²) in [5.41, 5.74) is 0. The average molecular weight is 122 g/mol. The Labute approximate surface area is 49.6 Å². The first-order valence-electron chi connectivity index (χ1n) is 2.66. The van der Waals surface area contributed by atoms with Gasteiger partial charge in [-0.2, -0.15) is 0 Å². The third-order valence-electron chi connectivity index (χ3n) is 0.324. The Morgan fingerprint density at radius 3 is 1.12 bits per heavy atom. The van der Waals surface area contributed by atoms with E-state index in [1.165, 1.54) is 0 Å². The molecule has 0 saturated carbocycles. The van der Waals surface area contributed by atoms with E-state index in [4.69, 9.17) is 15.3 Å². The number of rotatable bonds is 2. The van der Waals surface area contributed by atoms with Crippen LogP contribution < -0.4 is 0 Å². The molecule has 0 bridgehead atoms. The van der Waals surface area contributed by atoms with Gasteiger partial charge in [-0.3, -0.25) is 0 Å². The molecule has 0 aliphatic heterocycles. The fraction of sp³-hybridized carbons (Fsp3) is 1.00. The zero-order valence-corrected chi connectivity index (χ0v) is 5.17. The van der Waals surface area contributed by atoms with Crippen LogP contribution >= 0.6 is 0 Å². The lowest BCUT2D eigenvalue weighted by molar-refractivity contribution is 0.186. The standard InChI is InChI=1S/C3H8O.C2H6O2/c1-2-3-4;3-1-2-4/h4H,2-3H2,1H3;3-4H,1-2H2. The summed E-state index contributed by atoms with van der Waals surface area (Å²) in [6.07, 6.45) is 0.875. The summed E-state index contributed by atoms with van der Waals surface area (Å²) in [4.78, 5) is 0. The first-order chi connectivity index (χ1) is 3.83. The van der Waals surface area contributed by atoms with E-state index in [1.54, 1.807) is 0 Å². The molecular formula is C5H14O3. The van der Waals surface area contributed by atoms with Crippen molar-refractivity contribution >= 4 is 0 Å². The second-order valence-electron chi connectivity index (χ2n) is 1.17. The van der Waals surface area contributed by atoms with E-state index in [9.17, 15) is 0 Å². The fourth-order valence-electron chi connectivity index (χ4n) is 0. The second-order valence-corrected chi connectivity index (χ2v) is 1.17. The molecule has 0 spiro atoms. The topological polar surface area (TPSA) is 60.7 Å². The van der Waals surface area contributed by atoms with Gasteiger partial charge in [0.2, 0.25) is 0 Å². The van der Waals surface area contributed by atoms with Crippen molar-refractivity contribution < 1.29 is 15.3 Å². The molecule has 0 saturated heterocycles. The van der Waals surface area contributed by atoms with Crippen LogP contribution in [0.1, 0.15) is 13.3 Å². The number of hydrogen-bond donors (Lipinski definition) is 3. The van der Waals surface area contributed by atoms with Gasteiger partial charge in [-0.1, -0.05) is 6.92 Å². The first kappa shape index (κ1) is 10.8. The summed E-state index contributed by atoms with van der Waals surface area (Å²) < 4.78 is 0. The van der Waals surface area contributed by atoms with Crippen molar-refractivity contribution in [2.75, 3.05) is 19.8 Å². The Bertz CT molecular complexity index is 15.6. The maximum atomic E-state index is 7.88. The van der Waals surface area contributed by atoms with E-state index in [1.807, 2.05) is 6.92 Å². The van der Waals surface area contributed by atoms with Gasteiger partial charge >= 0.3 is 0 Å². The molecule has 0 aromatic carbocycles. The lowest BCUT2D eigenvalue weighted by Gasteiger charge is -1.70. The monoisotopic (exact) mass is 122 g/mol. The number of aliphatic hydroxyl groups is 3. The van der Waals surface area contributed by atoms with Crippen molar-refractivity contribution in [2.24, 2.45) is 0 Å². The van der Waals surface area contributed by atoms with Crippen LogP contribution in [0.4, 0.5) is 0 Å². The van der Waals surface area contributed by atoms with Crippen molar-refractivity contribution in [2.45, 2.75) is 13.3 Å². The molecule has 0 aliphatic carbocycles. The molecule has 52 valence electrons. The zero-order chi connectivity index (χ0) is 6.83. The van der Waals surface area contributed by atoms with Gasteiger partial charge in [0.05, 0.1) is 13.2 Å². The van der Waals surface area contributed by atoms with Gasteiger partial charge < -0.3 is 15.3 Å². The minimum atomic E-state index is -0.125. The molecule has 0 aromatic heterocycles. The SMILES string of the molecule is CCCO.OCCO. The van der Waals surface area contributed by atoms with Gasteiger partial charge in [0.1, 0.15) is 0 Å². The van der Waals surface area contributed by atoms with E-state index in [0.717, 1.165) is 6.42 Å². The Morgan fingerprint density at radius 1 is 0.875 bits per heavy atom. The molecule has 3 nitrogen and oxygen atoms in total. The Kier molecular flexibility index (Phi) is 21.3. The molecule has 0 aromatic rings. The first-order valence-corrected chi connectivity index (χ1v) is 2.66. The van der Waals surface area contributed by atoms with Crippen molar-refractivity contribution in [1.29, 1.82) is 0 Å². The quantitative estimate of drug-likeness (QED) is 0.456.